The molecule has 0 unspecified atom stereocenters. The minimum Gasteiger partial charge on any atom is -0.297 e. The van der Waals surface area contributed by atoms with Crippen LogP contribution < -0.4 is 5.56 Å². The van der Waals surface area contributed by atoms with Crippen LogP contribution in [0, 0.1) is 0 Å². The van der Waals surface area contributed by atoms with Crippen molar-refractivity contribution in [1.29, 1.82) is 0 Å². The fraction of sp³-hybridized carbons (Fsp3) is 0.333. The molecule has 1 N–H and O–H groups in total. The van der Waals surface area contributed by atoms with Gasteiger partial charge in [0.15, 0.2) is 0 Å². The van der Waals surface area contributed by atoms with Gasteiger partial charge in [0.1, 0.15) is 0 Å². The lowest BCUT2D eigenvalue weighted by Gasteiger charge is -2.28. The lowest BCUT2D eigenvalue weighted by atomic mass is 10.1. The highest BCUT2D eigenvalue weighted by molar-refractivity contribution is 7.90. The third-order valence-corrected chi connectivity index (χ3v) is 5.38. The van der Waals surface area contributed by atoms with Crippen molar-refractivity contribution >= 4 is 33.0 Å². The summed E-state index contributed by atoms with van der Waals surface area (Å²) in [5.41, 5.74) is 1.51. The van der Waals surface area contributed by atoms with Crippen molar-refractivity contribution in [3.63, 3.8) is 0 Å². The van der Waals surface area contributed by atoms with E-state index >= 15 is 0 Å². The molecule has 6 nitrogen and oxygen atoms in total. The van der Waals surface area contributed by atoms with Gasteiger partial charge in [0, 0.05) is 41.5 Å². The van der Waals surface area contributed by atoms with Crippen molar-refractivity contribution in [2.24, 2.45) is 0 Å². The van der Waals surface area contributed by atoms with Crippen molar-refractivity contribution in [1.82, 2.24) is 14.9 Å². The molecule has 0 bridgehead atoms. The maximum Gasteiger partial charge on any atom is 0.255 e. The third kappa shape index (κ3) is 3.64. The smallest absolute Gasteiger partial charge is 0.255 e. The van der Waals surface area contributed by atoms with Crippen molar-refractivity contribution in [2.45, 2.75) is 24.7 Å². The number of fused-ring (bicyclic) bond motifs is 1. The lowest BCUT2D eigenvalue weighted by molar-refractivity contribution is 0.239. The molecular weight excluding hydrogens is 373 g/mol. The Hall–Kier alpha value is -1.41. The molecule has 0 fully saturated rings. The van der Waals surface area contributed by atoms with E-state index in [1.807, 2.05) is 0 Å². The summed E-state index contributed by atoms with van der Waals surface area (Å²) in [5.74, 6) is 0. The van der Waals surface area contributed by atoms with Crippen LogP contribution in [-0.2, 0) is 29.3 Å². The quantitative estimate of drug-likeness (QED) is 0.814. The second-order valence-electron chi connectivity index (χ2n) is 5.76. The van der Waals surface area contributed by atoms with Gasteiger partial charge in [-0.3, -0.25) is 14.7 Å². The lowest BCUT2D eigenvalue weighted by Crippen LogP contribution is -2.35. The third-order valence-electron chi connectivity index (χ3n) is 3.88. The standard InChI is InChI=1S/C15H15Cl2N3O3S/c1-24(22,23)15-18-13-8-20(5-4-11(13)14(21)19-15)7-9-6-10(16)2-3-12(9)17/h2-3,6H,4-5,7-8H2,1H3,(H,18,19,21). The summed E-state index contributed by atoms with van der Waals surface area (Å²) < 4.78 is 23.3. The molecule has 3 rings (SSSR count). The number of hydrogen-bond donors (Lipinski definition) is 1. The summed E-state index contributed by atoms with van der Waals surface area (Å²) in [4.78, 5) is 20.6. The predicted octanol–water partition coefficient (Wildman–Crippen LogP) is 2.04. The zero-order valence-electron chi connectivity index (χ0n) is 12.8. The van der Waals surface area contributed by atoms with Crippen LogP contribution in [0.1, 0.15) is 16.8 Å². The Balaban J connectivity index is 1.90. The van der Waals surface area contributed by atoms with E-state index in [1.54, 1.807) is 18.2 Å². The number of H-pyrrole nitrogens is 1. The van der Waals surface area contributed by atoms with Gasteiger partial charge in [0.05, 0.1) is 5.69 Å². The molecule has 0 spiro atoms. The molecular formula is C15H15Cl2N3O3S. The molecule has 0 atom stereocenters. The summed E-state index contributed by atoms with van der Waals surface area (Å²) in [6.07, 6.45) is 1.52. The minimum atomic E-state index is -3.57. The summed E-state index contributed by atoms with van der Waals surface area (Å²) in [6.45, 7) is 1.57. The van der Waals surface area contributed by atoms with E-state index in [0.717, 1.165) is 11.8 Å². The molecule has 1 aromatic carbocycles. The molecule has 0 radical (unpaired) electrons. The number of benzene rings is 1. The van der Waals surface area contributed by atoms with E-state index in [-0.39, 0.29) is 10.7 Å². The summed E-state index contributed by atoms with van der Waals surface area (Å²) in [5, 5.41) is 0.913. The van der Waals surface area contributed by atoms with Gasteiger partial charge in [-0.1, -0.05) is 23.2 Å². The second-order valence-corrected chi connectivity index (χ2v) is 8.54. The molecule has 1 aliphatic rings. The Morgan fingerprint density at radius 1 is 1.33 bits per heavy atom. The number of nitrogens with one attached hydrogen (secondary N) is 1. The predicted molar refractivity (Wildman–Crippen MR) is 92.2 cm³/mol. The monoisotopic (exact) mass is 387 g/mol. The number of nitrogens with zero attached hydrogens (tertiary/aromatic N) is 2. The Morgan fingerprint density at radius 2 is 2.08 bits per heavy atom. The van der Waals surface area contributed by atoms with Crippen molar-refractivity contribution in [3.8, 4) is 0 Å². The number of halogens is 2. The van der Waals surface area contributed by atoms with Crippen LogP contribution in [-0.4, -0.2) is 36.1 Å². The summed E-state index contributed by atoms with van der Waals surface area (Å²) in [6, 6.07) is 5.26. The first-order chi connectivity index (χ1) is 11.2. The van der Waals surface area contributed by atoms with Crippen molar-refractivity contribution < 1.29 is 8.42 Å². The highest BCUT2D eigenvalue weighted by Gasteiger charge is 2.23. The van der Waals surface area contributed by atoms with Gasteiger partial charge in [-0.05, 0) is 30.2 Å². The average molecular weight is 388 g/mol. The number of sulfone groups is 1. The average Bonchev–Trinajstić information content (AvgIpc) is 2.49. The maximum atomic E-state index is 12.1. The fourth-order valence-electron chi connectivity index (χ4n) is 2.69. The molecule has 24 heavy (non-hydrogen) atoms. The molecule has 128 valence electrons. The molecule has 2 aromatic rings. The molecule has 9 heteroatoms. The van der Waals surface area contributed by atoms with Crippen LogP contribution >= 0.6 is 23.2 Å². The van der Waals surface area contributed by atoms with E-state index in [1.165, 1.54) is 0 Å². The Bertz CT molecular complexity index is 957. The molecule has 0 saturated heterocycles. The summed E-state index contributed by atoms with van der Waals surface area (Å²) >= 11 is 12.2. The zero-order chi connectivity index (χ0) is 17.5. The van der Waals surface area contributed by atoms with Crippen molar-refractivity contribution in [3.05, 3.63) is 55.4 Å². The maximum absolute atomic E-state index is 12.1. The first-order valence-electron chi connectivity index (χ1n) is 7.22. The minimum absolute atomic E-state index is 0.297. The largest absolute Gasteiger partial charge is 0.297 e. The van der Waals surface area contributed by atoms with E-state index in [2.05, 4.69) is 14.9 Å². The zero-order valence-corrected chi connectivity index (χ0v) is 15.2. The molecule has 0 amide bonds. The van der Waals surface area contributed by atoms with Crippen LogP contribution in [0.25, 0.3) is 0 Å². The Labute approximate surface area is 149 Å². The second kappa shape index (κ2) is 6.48. The van der Waals surface area contributed by atoms with Gasteiger partial charge < -0.3 is 0 Å². The highest BCUT2D eigenvalue weighted by atomic mass is 35.5. The van der Waals surface area contributed by atoms with Gasteiger partial charge >= 0.3 is 0 Å². The Kier molecular flexibility index (Phi) is 4.70. The van der Waals surface area contributed by atoms with Gasteiger partial charge in [-0.15, -0.1) is 0 Å². The Morgan fingerprint density at radius 3 is 2.79 bits per heavy atom. The highest BCUT2D eigenvalue weighted by Crippen LogP contribution is 2.24. The van der Waals surface area contributed by atoms with Gasteiger partial charge in [-0.2, -0.15) is 0 Å². The first kappa shape index (κ1) is 17.4. The van der Waals surface area contributed by atoms with E-state index in [4.69, 9.17) is 23.2 Å². The molecule has 2 heterocycles. The molecule has 0 saturated carbocycles. The van der Waals surface area contributed by atoms with Crippen LogP contribution in [0.5, 0.6) is 0 Å². The SMILES string of the molecule is CS(=O)(=O)c1nc2c(c(=O)[nH]1)CCN(Cc1cc(Cl)ccc1Cl)C2. The van der Waals surface area contributed by atoms with Crippen LogP contribution in [0.4, 0.5) is 0 Å². The molecule has 1 aromatic heterocycles. The van der Waals surface area contributed by atoms with Gasteiger partial charge in [-0.25, -0.2) is 13.4 Å². The fourth-order valence-corrected chi connectivity index (χ4v) is 3.61. The number of aromatic nitrogens is 2. The van der Waals surface area contributed by atoms with Crippen LogP contribution in [0.15, 0.2) is 28.2 Å². The van der Waals surface area contributed by atoms with E-state index in [9.17, 15) is 13.2 Å². The van der Waals surface area contributed by atoms with Crippen LogP contribution in [0.2, 0.25) is 10.0 Å². The number of rotatable bonds is 3. The van der Waals surface area contributed by atoms with Gasteiger partial charge in [0.25, 0.3) is 5.56 Å². The number of hydrogen-bond acceptors (Lipinski definition) is 5. The summed E-state index contributed by atoms with van der Waals surface area (Å²) in [7, 11) is -3.57. The normalized spacial score (nSPS) is 15.3. The van der Waals surface area contributed by atoms with Crippen LogP contribution in [0.3, 0.4) is 0 Å². The molecule has 0 aliphatic carbocycles. The topological polar surface area (TPSA) is 83.1 Å². The molecule has 1 aliphatic heterocycles. The van der Waals surface area contributed by atoms with Gasteiger partial charge in [0.2, 0.25) is 15.0 Å². The number of aromatic amines is 1. The van der Waals surface area contributed by atoms with E-state index < -0.39 is 9.84 Å². The van der Waals surface area contributed by atoms with Crippen molar-refractivity contribution in [2.75, 3.05) is 12.8 Å². The van der Waals surface area contributed by atoms with E-state index in [0.29, 0.717) is 47.4 Å². The first-order valence-corrected chi connectivity index (χ1v) is 9.87.